The number of nitrogens with one attached hydrogen (secondary N) is 1. The normalized spacial score (nSPS) is 18.1. The maximum Gasteiger partial charge on any atom is 0.219 e. The molecule has 0 atom stereocenters. The predicted molar refractivity (Wildman–Crippen MR) is 66.4 cm³/mol. The van der Waals surface area contributed by atoms with Gasteiger partial charge in [0.15, 0.2) is 0 Å². The van der Waals surface area contributed by atoms with E-state index in [0.717, 1.165) is 39.3 Å². The van der Waals surface area contributed by atoms with Gasteiger partial charge in [-0.3, -0.25) is 9.69 Å². The van der Waals surface area contributed by atoms with Gasteiger partial charge in [-0.25, -0.2) is 0 Å². The summed E-state index contributed by atoms with van der Waals surface area (Å²) in [5.74, 6) is 0.209. The minimum absolute atomic E-state index is 0.209. The second-order valence-electron chi connectivity index (χ2n) is 4.81. The van der Waals surface area contributed by atoms with Crippen molar-refractivity contribution in [1.29, 1.82) is 0 Å². The van der Waals surface area contributed by atoms with Crippen LogP contribution in [-0.2, 0) is 4.79 Å². The van der Waals surface area contributed by atoms with Gasteiger partial charge in [-0.1, -0.05) is 13.8 Å². The third-order valence-corrected chi connectivity index (χ3v) is 3.02. The Morgan fingerprint density at radius 2 is 1.88 bits per heavy atom. The topological polar surface area (TPSA) is 35.6 Å². The first-order valence-electron chi connectivity index (χ1n) is 6.31. The van der Waals surface area contributed by atoms with Gasteiger partial charge in [-0.2, -0.15) is 0 Å². The molecule has 0 radical (unpaired) electrons. The maximum atomic E-state index is 11.1. The molecule has 0 saturated carbocycles. The van der Waals surface area contributed by atoms with E-state index in [1.807, 2.05) is 4.90 Å². The molecule has 94 valence electrons. The molecule has 1 amide bonds. The molecular formula is C12H25N3O. The molecule has 0 unspecified atom stereocenters. The fourth-order valence-corrected chi connectivity index (χ4v) is 1.98. The van der Waals surface area contributed by atoms with E-state index in [1.165, 1.54) is 6.42 Å². The number of piperazine rings is 1. The van der Waals surface area contributed by atoms with Crippen molar-refractivity contribution in [3.8, 4) is 0 Å². The SMILES string of the molecule is CC(=O)N1CCN(CCCNC(C)C)CC1. The van der Waals surface area contributed by atoms with Crippen LogP contribution < -0.4 is 5.32 Å². The molecule has 1 heterocycles. The fourth-order valence-electron chi connectivity index (χ4n) is 1.98. The molecule has 1 N–H and O–H groups in total. The van der Waals surface area contributed by atoms with Crippen molar-refractivity contribution in [2.24, 2.45) is 0 Å². The van der Waals surface area contributed by atoms with Crippen molar-refractivity contribution < 1.29 is 4.79 Å². The highest BCUT2D eigenvalue weighted by atomic mass is 16.2. The molecule has 0 spiro atoms. The largest absolute Gasteiger partial charge is 0.340 e. The van der Waals surface area contributed by atoms with Crippen LogP contribution in [0.15, 0.2) is 0 Å². The van der Waals surface area contributed by atoms with Crippen LogP contribution in [0.5, 0.6) is 0 Å². The molecule has 4 heteroatoms. The fraction of sp³-hybridized carbons (Fsp3) is 0.917. The molecule has 0 aromatic carbocycles. The number of carbonyl (C=O) groups excluding carboxylic acids is 1. The minimum Gasteiger partial charge on any atom is -0.340 e. The maximum absolute atomic E-state index is 11.1. The van der Waals surface area contributed by atoms with E-state index < -0.39 is 0 Å². The van der Waals surface area contributed by atoms with Crippen molar-refractivity contribution >= 4 is 5.91 Å². The summed E-state index contributed by atoms with van der Waals surface area (Å²) in [4.78, 5) is 15.5. The lowest BCUT2D eigenvalue weighted by Gasteiger charge is -2.34. The van der Waals surface area contributed by atoms with Crippen molar-refractivity contribution in [2.45, 2.75) is 33.2 Å². The highest BCUT2D eigenvalue weighted by molar-refractivity contribution is 5.73. The van der Waals surface area contributed by atoms with Crippen LogP contribution in [-0.4, -0.2) is 61.0 Å². The third kappa shape index (κ3) is 4.94. The van der Waals surface area contributed by atoms with Gasteiger partial charge in [0.25, 0.3) is 0 Å². The number of amides is 1. The lowest BCUT2D eigenvalue weighted by Crippen LogP contribution is -2.48. The Morgan fingerprint density at radius 3 is 2.38 bits per heavy atom. The highest BCUT2D eigenvalue weighted by Crippen LogP contribution is 2.02. The Hall–Kier alpha value is -0.610. The first kappa shape index (κ1) is 13.5. The van der Waals surface area contributed by atoms with Crippen molar-refractivity contribution in [3.05, 3.63) is 0 Å². The van der Waals surface area contributed by atoms with E-state index in [4.69, 9.17) is 0 Å². The molecule has 0 aliphatic carbocycles. The molecule has 4 nitrogen and oxygen atoms in total. The van der Waals surface area contributed by atoms with Crippen LogP contribution in [0.25, 0.3) is 0 Å². The smallest absolute Gasteiger partial charge is 0.219 e. The molecule has 1 aliphatic heterocycles. The molecule has 0 aromatic heterocycles. The number of nitrogens with zero attached hydrogens (tertiary/aromatic N) is 2. The lowest BCUT2D eigenvalue weighted by molar-refractivity contribution is -0.130. The van der Waals surface area contributed by atoms with Crippen LogP contribution in [0.1, 0.15) is 27.2 Å². The zero-order valence-corrected chi connectivity index (χ0v) is 10.8. The standard InChI is InChI=1S/C12H25N3O/c1-11(2)13-5-4-6-14-7-9-15(10-8-14)12(3)16/h11,13H,4-10H2,1-3H3. The number of carbonyl (C=O) groups is 1. The molecule has 1 aliphatic rings. The van der Waals surface area contributed by atoms with E-state index in [-0.39, 0.29) is 5.91 Å². The van der Waals surface area contributed by atoms with Gasteiger partial charge in [0.2, 0.25) is 5.91 Å². The van der Waals surface area contributed by atoms with E-state index in [2.05, 4.69) is 24.1 Å². The quantitative estimate of drug-likeness (QED) is 0.696. The van der Waals surface area contributed by atoms with Crippen LogP contribution in [0, 0.1) is 0 Å². The number of hydrogen-bond donors (Lipinski definition) is 1. The first-order chi connectivity index (χ1) is 7.59. The molecule has 0 bridgehead atoms. The summed E-state index contributed by atoms with van der Waals surface area (Å²) < 4.78 is 0. The van der Waals surface area contributed by atoms with Gasteiger partial charge < -0.3 is 10.2 Å². The summed E-state index contributed by atoms with van der Waals surface area (Å²) in [5.41, 5.74) is 0. The second-order valence-corrected chi connectivity index (χ2v) is 4.81. The van der Waals surface area contributed by atoms with Gasteiger partial charge >= 0.3 is 0 Å². The van der Waals surface area contributed by atoms with Crippen LogP contribution in [0.3, 0.4) is 0 Å². The Balaban J connectivity index is 2.06. The molecular weight excluding hydrogens is 202 g/mol. The van der Waals surface area contributed by atoms with E-state index in [1.54, 1.807) is 6.92 Å². The number of rotatable bonds is 5. The average Bonchev–Trinajstić information content (AvgIpc) is 2.25. The van der Waals surface area contributed by atoms with E-state index in [0.29, 0.717) is 6.04 Å². The molecule has 1 saturated heterocycles. The average molecular weight is 227 g/mol. The van der Waals surface area contributed by atoms with Gasteiger partial charge in [0, 0.05) is 39.1 Å². The summed E-state index contributed by atoms with van der Waals surface area (Å²) in [6.45, 7) is 12.1. The Bertz CT molecular complexity index is 210. The van der Waals surface area contributed by atoms with Gasteiger partial charge in [-0.15, -0.1) is 0 Å². The Labute approximate surface area is 99.0 Å². The van der Waals surface area contributed by atoms with Crippen molar-refractivity contribution in [3.63, 3.8) is 0 Å². The number of hydrogen-bond acceptors (Lipinski definition) is 3. The zero-order chi connectivity index (χ0) is 12.0. The zero-order valence-electron chi connectivity index (χ0n) is 10.8. The van der Waals surface area contributed by atoms with Gasteiger partial charge in [0.1, 0.15) is 0 Å². The highest BCUT2D eigenvalue weighted by Gasteiger charge is 2.17. The van der Waals surface area contributed by atoms with Crippen LogP contribution in [0.2, 0.25) is 0 Å². The van der Waals surface area contributed by atoms with Crippen LogP contribution >= 0.6 is 0 Å². The Morgan fingerprint density at radius 1 is 1.25 bits per heavy atom. The molecule has 16 heavy (non-hydrogen) atoms. The van der Waals surface area contributed by atoms with Gasteiger partial charge in [0.05, 0.1) is 0 Å². The Kier molecular flexibility index (Phi) is 5.77. The summed E-state index contributed by atoms with van der Waals surface area (Å²) >= 11 is 0. The van der Waals surface area contributed by atoms with Crippen molar-refractivity contribution in [2.75, 3.05) is 39.3 Å². The summed E-state index contributed by atoms with van der Waals surface area (Å²) in [6.07, 6.45) is 1.19. The molecule has 1 rings (SSSR count). The van der Waals surface area contributed by atoms with Crippen molar-refractivity contribution in [1.82, 2.24) is 15.1 Å². The summed E-state index contributed by atoms with van der Waals surface area (Å²) in [7, 11) is 0. The first-order valence-corrected chi connectivity index (χ1v) is 6.31. The second kappa shape index (κ2) is 6.86. The predicted octanol–water partition coefficient (Wildman–Crippen LogP) is 0.539. The molecule has 0 aromatic rings. The minimum atomic E-state index is 0.209. The van der Waals surface area contributed by atoms with E-state index in [9.17, 15) is 4.79 Å². The molecule has 1 fully saturated rings. The van der Waals surface area contributed by atoms with E-state index >= 15 is 0 Å². The summed E-state index contributed by atoms with van der Waals surface area (Å²) in [6, 6.07) is 0.578. The third-order valence-electron chi connectivity index (χ3n) is 3.02. The monoisotopic (exact) mass is 227 g/mol. The summed E-state index contributed by atoms with van der Waals surface area (Å²) in [5, 5.41) is 3.42. The van der Waals surface area contributed by atoms with Crippen LogP contribution in [0.4, 0.5) is 0 Å². The lowest BCUT2D eigenvalue weighted by atomic mass is 10.2. The van der Waals surface area contributed by atoms with Gasteiger partial charge in [-0.05, 0) is 19.5 Å².